The summed E-state index contributed by atoms with van der Waals surface area (Å²) in [5, 5.41) is 3.13. The van der Waals surface area contributed by atoms with E-state index in [1.54, 1.807) is 0 Å². The van der Waals surface area contributed by atoms with E-state index < -0.39 is 0 Å². The molecule has 0 radical (unpaired) electrons. The van der Waals surface area contributed by atoms with Crippen molar-refractivity contribution in [2.75, 3.05) is 0 Å². The third kappa shape index (κ3) is 1.77. The summed E-state index contributed by atoms with van der Waals surface area (Å²) >= 11 is 0. The molecule has 0 unspecified atom stereocenters. The first-order valence-corrected chi connectivity index (χ1v) is 4.65. The molecule has 0 aromatic heterocycles. The highest BCUT2D eigenvalue weighted by atomic mass is 14.9. The van der Waals surface area contributed by atoms with Crippen molar-refractivity contribution in [3.8, 4) is 0 Å². The summed E-state index contributed by atoms with van der Waals surface area (Å²) in [4.78, 5) is 0. The van der Waals surface area contributed by atoms with Gasteiger partial charge >= 0.3 is 0 Å². The molecule has 0 amide bonds. The van der Waals surface area contributed by atoms with E-state index in [9.17, 15) is 0 Å². The summed E-state index contributed by atoms with van der Waals surface area (Å²) in [5.41, 5.74) is 4.43. The monoisotopic (exact) mass is 183 g/mol. The maximum Gasteiger partial charge on any atom is 0.0345 e. The van der Waals surface area contributed by atoms with Gasteiger partial charge in [0.2, 0.25) is 0 Å². The Kier molecular flexibility index (Phi) is 2.23. The Morgan fingerprint density at radius 2 is 1.86 bits per heavy atom. The van der Waals surface area contributed by atoms with Crippen LogP contribution in [0.25, 0.3) is 6.08 Å². The summed E-state index contributed by atoms with van der Waals surface area (Å²) in [6.07, 6.45) is 3.03. The smallest absolute Gasteiger partial charge is 0.0345 e. The standard InChI is InChI=1S/C13H13N/c1-10-8-13(11(2)14-10)9-12-6-4-3-5-7-12/h3-7,9,14H,1-2,8H2/b13-9+. The molecule has 14 heavy (non-hydrogen) atoms. The van der Waals surface area contributed by atoms with E-state index in [0.29, 0.717) is 0 Å². The fourth-order valence-electron chi connectivity index (χ4n) is 1.56. The topological polar surface area (TPSA) is 12.0 Å². The van der Waals surface area contributed by atoms with E-state index in [1.165, 1.54) is 11.1 Å². The predicted molar refractivity (Wildman–Crippen MR) is 60.5 cm³/mol. The van der Waals surface area contributed by atoms with Gasteiger partial charge in [0.1, 0.15) is 0 Å². The first kappa shape index (κ1) is 8.82. The van der Waals surface area contributed by atoms with Crippen LogP contribution in [-0.4, -0.2) is 0 Å². The molecule has 1 N–H and O–H groups in total. The second kappa shape index (κ2) is 3.54. The van der Waals surface area contributed by atoms with Gasteiger partial charge in [-0.15, -0.1) is 0 Å². The van der Waals surface area contributed by atoms with E-state index in [2.05, 4.69) is 36.7 Å². The van der Waals surface area contributed by atoms with E-state index >= 15 is 0 Å². The van der Waals surface area contributed by atoms with Crippen LogP contribution in [0.3, 0.4) is 0 Å². The molecule has 1 aromatic carbocycles. The van der Waals surface area contributed by atoms with Gasteiger partial charge in [0.25, 0.3) is 0 Å². The third-order valence-corrected chi connectivity index (χ3v) is 2.26. The molecular weight excluding hydrogens is 170 g/mol. The lowest BCUT2D eigenvalue weighted by atomic mass is 10.1. The zero-order valence-electron chi connectivity index (χ0n) is 8.09. The molecule has 0 aliphatic carbocycles. The van der Waals surface area contributed by atoms with Gasteiger partial charge < -0.3 is 5.32 Å². The van der Waals surface area contributed by atoms with Crippen LogP contribution in [0.15, 0.2) is 60.5 Å². The lowest BCUT2D eigenvalue weighted by Crippen LogP contribution is -1.99. The molecule has 0 spiro atoms. The van der Waals surface area contributed by atoms with Crippen LogP contribution in [0.4, 0.5) is 0 Å². The van der Waals surface area contributed by atoms with Crippen molar-refractivity contribution in [3.63, 3.8) is 0 Å². The van der Waals surface area contributed by atoms with Gasteiger partial charge in [0, 0.05) is 17.8 Å². The molecule has 0 saturated carbocycles. The Hall–Kier alpha value is -1.76. The van der Waals surface area contributed by atoms with Gasteiger partial charge in [-0.1, -0.05) is 43.5 Å². The SMILES string of the molecule is C=C1C/C(=C\c2ccccc2)C(=C)N1. The second-order valence-electron chi connectivity index (χ2n) is 3.46. The van der Waals surface area contributed by atoms with Crippen LogP contribution in [0.1, 0.15) is 12.0 Å². The number of rotatable bonds is 1. The average molecular weight is 183 g/mol. The minimum atomic E-state index is 0.883. The minimum Gasteiger partial charge on any atom is -0.359 e. The van der Waals surface area contributed by atoms with Crippen molar-refractivity contribution in [2.45, 2.75) is 6.42 Å². The van der Waals surface area contributed by atoms with Crippen molar-refractivity contribution >= 4 is 6.08 Å². The Balaban J connectivity index is 2.28. The molecular formula is C13H13N. The van der Waals surface area contributed by atoms with E-state index in [1.807, 2.05) is 18.2 Å². The van der Waals surface area contributed by atoms with Gasteiger partial charge in [0.05, 0.1) is 0 Å². The molecule has 1 nitrogen and oxygen atoms in total. The van der Waals surface area contributed by atoms with E-state index in [4.69, 9.17) is 0 Å². The molecule has 1 aromatic rings. The fraction of sp³-hybridized carbons (Fsp3) is 0.0769. The Morgan fingerprint density at radius 3 is 2.43 bits per heavy atom. The predicted octanol–water partition coefficient (Wildman–Crippen LogP) is 3.09. The summed E-state index contributed by atoms with van der Waals surface area (Å²) in [5.74, 6) is 0. The van der Waals surface area contributed by atoms with Gasteiger partial charge in [-0.2, -0.15) is 0 Å². The molecule has 0 bridgehead atoms. The number of benzene rings is 1. The Morgan fingerprint density at radius 1 is 1.14 bits per heavy atom. The second-order valence-corrected chi connectivity index (χ2v) is 3.46. The van der Waals surface area contributed by atoms with Crippen molar-refractivity contribution in [2.24, 2.45) is 0 Å². The number of allylic oxidation sites excluding steroid dienone is 2. The Labute approximate surface area is 84.5 Å². The molecule has 70 valence electrons. The lowest BCUT2D eigenvalue weighted by molar-refractivity contribution is 1.07. The summed E-state index contributed by atoms with van der Waals surface area (Å²) in [6, 6.07) is 10.3. The average Bonchev–Trinajstić information content (AvgIpc) is 2.47. The first-order valence-electron chi connectivity index (χ1n) is 4.65. The summed E-state index contributed by atoms with van der Waals surface area (Å²) in [7, 11) is 0. The minimum absolute atomic E-state index is 0.883. The van der Waals surface area contributed by atoms with E-state index in [-0.39, 0.29) is 0 Å². The zero-order valence-corrected chi connectivity index (χ0v) is 8.09. The largest absolute Gasteiger partial charge is 0.359 e. The van der Waals surface area contributed by atoms with E-state index in [0.717, 1.165) is 17.8 Å². The van der Waals surface area contributed by atoms with Crippen LogP contribution >= 0.6 is 0 Å². The van der Waals surface area contributed by atoms with Crippen molar-refractivity contribution in [1.29, 1.82) is 0 Å². The molecule has 0 atom stereocenters. The first-order chi connectivity index (χ1) is 6.75. The molecule has 1 aliphatic heterocycles. The molecule has 1 heterocycles. The van der Waals surface area contributed by atoms with Crippen molar-refractivity contribution in [1.82, 2.24) is 5.32 Å². The lowest BCUT2D eigenvalue weighted by Gasteiger charge is -1.97. The number of hydrogen-bond donors (Lipinski definition) is 1. The number of nitrogens with one attached hydrogen (secondary N) is 1. The summed E-state index contributed by atoms with van der Waals surface area (Å²) in [6.45, 7) is 7.83. The highest BCUT2D eigenvalue weighted by Crippen LogP contribution is 2.24. The van der Waals surface area contributed by atoms with Gasteiger partial charge in [-0.3, -0.25) is 0 Å². The van der Waals surface area contributed by atoms with Gasteiger partial charge in [0.15, 0.2) is 0 Å². The van der Waals surface area contributed by atoms with Crippen LogP contribution < -0.4 is 5.32 Å². The number of hydrogen-bond acceptors (Lipinski definition) is 1. The molecule has 2 rings (SSSR count). The van der Waals surface area contributed by atoms with Crippen LogP contribution in [0.2, 0.25) is 0 Å². The quantitative estimate of drug-likeness (QED) is 0.705. The fourth-order valence-corrected chi connectivity index (χ4v) is 1.56. The van der Waals surface area contributed by atoms with Crippen LogP contribution in [-0.2, 0) is 0 Å². The Bertz CT molecular complexity index is 399. The van der Waals surface area contributed by atoms with Gasteiger partial charge in [-0.25, -0.2) is 0 Å². The maximum atomic E-state index is 3.94. The molecule has 1 heteroatoms. The summed E-state index contributed by atoms with van der Waals surface area (Å²) < 4.78 is 0. The molecule has 1 fully saturated rings. The van der Waals surface area contributed by atoms with Crippen molar-refractivity contribution < 1.29 is 0 Å². The van der Waals surface area contributed by atoms with Crippen molar-refractivity contribution in [3.05, 3.63) is 66.0 Å². The molecule has 1 saturated heterocycles. The normalized spacial score (nSPS) is 18.7. The van der Waals surface area contributed by atoms with Crippen LogP contribution in [0.5, 0.6) is 0 Å². The van der Waals surface area contributed by atoms with Crippen LogP contribution in [0, 0.1) is 0 Å². The third-order valence-electron chi connectivity index (χ3n) is 2.26. The molecule has 1 aliphatic rings. The maximum absolute atomic E-state index is 3.94. The zero-order chi connectivity index (χ0) is 9.97. The van der Waals surface area contributed by atoms with Gasteiger partial charge in [-0.05, 0) is 17.2 Å². The highest BCUT2D eigenvalue weighted by Gasteiger charge is 2.13. The highest BCUT2D eigenvalue weighted by molar-refractivity contribution is 5.60.